The van der Waals surface area contributed by atoms with Crippen molar-refractivity contribution in [2.24, 2.45) is 5.92 Å². The highest BCUT2D eigenvalue weighted by atomic mass is 16.5. The number of ether oxygens (including phenoxy) is 2. The van der Waals surface area contributed by atoms with Crippen molar-refractivity contribution in [2.75, 3.05) is 27.4 Å². The predicted octanol–water partition coefficient (Wildman–Crippen LogP) is 1.26. The van der Waals surface area contributed by atoms with Crippen LogP contribution in [0.4, 0.5) is 0 Å². The summed E-state index contributed by atoms with van der Waals surface area (Å²) in [6.07, 6.45) is 3.33. The molecule has 106 valence electrons. The third-order valence-electron chi connectivity index (χ3n) is 4.06. The van der Waals surface area contributed by atoms with Crippen molar-refractivity contribution in [3.8, 4) is 0 Å². The van der Waals surface area contributed by atoms with Gasteiger partial charge in [-0.25, -0.2) is 0 Å². The maximum atomic E-state index is 5.53. The number of nitrogens with zero attached hydrogens (tertiary/aromatic N) is 2. The second-order valence-corrected chi connectivity index (χ2v) is 5.35. The number of likely N-dealkylation sites (N-methyl/N-ethyl adjacent to an activating group) is 1. The Balaban J connectivity index is 1.75. The van der Waals surface area contributed by atoms with E-state index >= 15 is 0 Å². The summed E-state index contributed by atoms with van der Waals surface area (Å²) in [5.74, 6) is 2.03. The van der Waals surface area contributed by atoms with E-state index in [0.717, 1.165) is 13.0 Å². The molecule has 3 rings (SSSR count). The molecule has 0 bridgehead atoms. The summed E-state index contributed by atoms with van der Waals surface area (Å²) in [4.78, 5) is 4.54. The van der Waals surface area contributed by atoms with E-state index in [-0.39, 0.29) is 12.0 Å². The van der Waals surface area contributed by atoms with E-state index in [1.54, 1.807) is 7.11 Å². The van der Waals surface area contributed by atoms with Crippen LogP contribution in [0.2, 0.25) is 0 Å². The van der Waals surface area contributed by atoms with Crippen LogP contribution in [0, 0.1) is 5.92 Å². The predicted molar refractivity (Wildman–Crippen MR) is 67.8 cm³/mol. The third-order valence-corrected chi connectivity index (χ3v) is 4.06. The summed E-state index contributed by atoms with van der Waals surface area (Å²) in [6.45, 7) is 1.42. The minimum atomic E-state index is -0.0185. The topological polar surface area (TPSA) is 69.4 Å². The first-order chi connectivity index (χ1) is 9.33. The van der Waals surface area contributed by atoms with Crippen LogP contribution in [0.3, 0.4) is 0 Å². The molecular formula is C13H21N3O3. The minimum absolute atomic E-state index is 0.0185. The van der Waals surface area contributed by atoms with Gasteiger partial charge in [0, 0.05) is 19.8 Å². The van der Waals surface area contributed by atoms with Crippen LogP contribution in [-0.4, -0.2) is 43.6 Å². The Morgan fingerprint density at radius 1 is 1.37 bits per heavy atom. The zero-order valence-electron chi connectivity index (χ0n) is 11.5. The van der Waals surface area contributed by atoms with Crippen molar-refractivity contribution in [3.05, 3.63) is 11.7 Å². The summed E-state index contributed by atoms with van der Waals surface area (Å²) in [7, 11) is 3.67. The molecule has 0 amide bonds. The van der Waals surface area contributed by atoms with Crippen molar-refractivity contribution >= 4 is 0 Å². The Kier molecular flexibility index (Phi) is 3.81. The van der Waals surface area contributed by atoms with Gasteiger partial charge >= 0.3 is 0 Å². The second-order valence-electron chi connectivity index (χ2n) is 5.35. The highest BCUT2D eigenvalue weighted by Crippen LogP contribution is 2.42. The normalized spacial score (nSPS) is 29.4. The van der Waals surface area contributed by atoms with Gasteiger partial charge in [-0.05, 0) is 32.2 Å². The molecule has 1 aliphatic heterocycles. The Labute approximate surface area is 112 Å². The molecule has 1 saturated heterocycles. The van der Waals surface area contributed by atoms with Gasteiger partial charge in [-0.15, -0.1) is 0 Å². The molecule has 19 heavy (non-hydrogen) atoms. The standard InChI is InChI=1S/C13H21N3O3/c1-14-10-5-6-18-7-9(10)13-15-12(16-19-13)11(17-2)8-3-4-8/h8-11,14H,3-7H2,1-2H3. The number of hydrogen-bond donors (Lipinski definition) is 1. The van der Waals surface area contributed by atoms with E-state index in [2.05, 4.69) is 15.5 Å². The van der Waals surface area contributed by atoms with Crippen molar-refractivity contribution in [2.45, 2.75) is 37.3 Å². The lowest BCUT2D eigenvalue weighted by Gasteiger charge is -2.28. The Morgan fingerprint density at radius 2 is 2.21 bits per heavy atom. The van der Waals surface area contributed by atoms with Gasteiger partial charge < -0.3 is 19.3 Å². The summed E-state index contributed by atoms with van der Waals surface area (Å²) < 4.78 is 16.4. The molecule has 0 aromatic carbocycles. The molecule has 1 aromatic rings. The molecule has 2 aliphatic rings. The summed E-state index contributed by atoms with van der Waals surface area (Å²) >= 11 is 0. The number of nitrogens with one attached hydrogen (secondary N) is 1. The van der Waals surface area contributed by atoms with Crippen LogP contribution in [0.5, 0.6) is 0 Å². The van der Waals surface area contributed by atoms with Crippen LogP contribution < -0.4 is 5.32 Å². The van der Waals surface area contributed by atoms with E-state index in [0.29, 0.717) is 30.3 Å². The second kappa shape index (κ2) is 5.56. The third kappa shape index (κ3) is 2.66. The average Bonchev–Trinajstić information content (AvgIpc) is 3.17. The molecule has 1 aromatic heterocycles. The van der Waals surface area contributed by atoms with Gasteiger partial charge in [0.05, 0.1) is 12.5 Å². The molecule has 0 spiro atoms. The van der Waals surface area contributed by atoms with Crippen LogP contribution in [-0.2, 0) is 9.47 Å². The number of methoxy groups -OCH3 is 1. The smallest absolute Gasteiger partial charge is 0.233 e. The van der Waals surface area contributed by atoms with Crippen LogP contribution in [0.25, 0.3) is 0 Å². The molecule has 1 aliphatic carbocycles. The van der Waals surface area contributed by atoms with Crippen LogP contribution in [0.1, 0.15) is 43.0 Å². The quantitative estimate of drug-likeness (QED) is 0.866. The molecular weight excluding hydrogens is 246 g/mol. The summed E-state index contributed by atoms with van der Waals surface area (Å²) in [5.41, 5.74) is 0. The van der Waals surface area contributed by atoms with Crippen LogP contribution in [0.15, 0.2) is 4.52 Å². The molecule has 6 heteroatoms. The molecule has 2 heterocycles. The first kappa shape index (κ1) is 13.0. The zero-order valence-corrected chi connectivity index (χ0v) is 11.5. The monoisotopic (exact) mass is 267 g/mol. The molecule has 3 atom stereocenters. The number of hydrogen-bond acceptors (Lipinski definition) is 6. The maximum absolute atomic E-state index is 5.53. The highest BCUT2D eigenvalue weighted by molar-refractivity contribution is 5.04. The fourth-order valence-electron chi connectivity index (χ4n) is 2.75. The highest BCUT2D eigenvalue weighted by Gasteiger charge is 2.37. The van der Waals surface area contributed by atoms with Gasteiger partial charge in [-0.2, -0.15) is 4.98 Å². The molecule has 3 unspecified atom stereocenters. The largest absolute Gasteiger partial charge is 0.381 e. The van der Waals surface area contributed by atoms with Gasteiger partial charge in [0.2, 0.25) is 11.7 Å². The van der Waals surface area contributed by atoms with E-state index in [1.165, 1.54) is 12.8 Å². The molecule has 0 radical (unpaired) electrons. The minimum Gasteiger partial charge on any atom is -0.381 e. The summed E-state index contributed by atoms with van der Waals surface area (Å²) in [6, 6.07) is 0.337. The lowest BCUT2D eigenvalue weighted by atomic mass is 9.96. The van der Waals surface area contributed by atoms with Crippen molar-refractivity contribution in [3.63, 3.8) is 0 Å². The first-order valence-electron chi connectivity index (χ1n) is 6.94. The number of rotatable bonds is 5. The van der Waals surface area contributed by atoms with Gasteiger partial charge in [0.25, 0.3) is 0 Å². The average molecular weight is 267 g/mol. The van der Waals surface area contributed by atoms with Gasteiger partial charge in [-0.1, -0.05) is 5.16 Å². The lowest BCUT2D eigenvalue weighted by Crippen LogP contribution is -2.39. The first-order valence-corrected chi connectivity index (χ1v) is 6.94. The Morgan fingerprint density at radius 3 is 2.89 bits per heavy atom. The van der Waals surface area contributed by atoms with Gasteiger partial charge in [-0.3, -0.25) is 0 Å². The lowest BCUT2D eigenvalue weighted by molar-refractivity contribution is 0.0516. The van der Waals surface area contributed by atoms with E-state index in [9.17, 15) is 0 Å². The van der Waals surface area contributed by atoms with Crippen LogP contribution >= 0.6 is 0 Å². The Bertz CT molecular complexity index is 419. The Hall–Kier alpha value is -0.980. The van der Waals surface area contributed by atoms with E-state index in [1.807, 2.05) is 7.05 Å². The van der Waals surface area contributed by atoms with Gasteiger partial charge in [0.1, 0.15) is 6.10 Å². The maximum Gasteiger partial charge on any atom is 0.233 e. The summed E-state index contributed by atoms with van der Waals surface area (Å²) in [5, 5.41) is 7.40. The molecule has 6 nitrogen and oxygen atoms in total. The van der Waals surface area contributed by atoms with Gasteiger partial charge in [0.15, 0.2) is 0 Å². The SMILES string of the molecule is CNC1CCOCC1c1nc(C(OC)C2CC2)no1. The molecule has 1 N–H and O–H groups in total. The van der Waals surface area contributed by atoms with E-state index in [4.69, 9.17) is 14.0 Å². The molecule has 2 fully saturated rings. The van der Waals surface area contributed by atoms with Crippen molar-refractivity contribution in [1.82, 2.24) is 15.5 Å². The van der Waals surface area contributed by atoms with Crippen molar-refractivity contribution < 1.29 is 14.0 Å². The van der Waals surface area contributed by atoms with E-state index < -0.39 is 0 Å². The fraction of sp³-hybridized carbons (Fsp3) is 0.846. The fourth-order valence-corrected chi connectivity index (χ4v) is 2.75. The number of aromatic nitrogens is 2. The zero-order chi connectivity index (χ0) is 13.2. The van der Waals surface area contributed by atoms with Crippen molar-refractivity contribution in [1.29, 1.82) is 0 Å². The molecule has 1 saturated carbocycles.